The van der Waals surface area contributed by atoms with Gasteiger partial charge in [-0.05, 0) is 12.6 Å². The Morgan fingerprint density at radius 2 is 2.26 bits per heavy atom. The number of likely N-dealkylation sites (N-methyl/N-ethyl adjacent to an activating group) is 2. The summed E-state index contributed by atoms with van der Waals surface area (Å²) in [6.07, 6.45) is 0.225. The zero-order chi connectivity index (χ0) is 16.5. The van der Waals surface area contributed by atoms with Crippen molar-refractivity contribution in [2.75, 3.05) is 46.4 Å². The number of amides is 1. The number of carbonyl (C=O) groups is 1. The zero-order valence-electron chi connectivity index (χ0n) is 14.0. The van der Waals surface area contributed by atoms with Crippen LogP contribution in [0.4, 0.5) is 0 Å². The molecule has 1 aliphatic rings. The molecule has 1 aromatic rings. The lowest BCUT2D eigenvalue weighted by Crippen LogP contribution is -2.46. The number of nitrogens with one attached hydrogen (secondary N) is 2. The SMILES string of the molecule is CCN1CCOC(CNCc2ccccc2OCC(=O)NC)C1. The largest absolute Gasteiger partial charge is 0.483 e. The Bertz CT molecular complexity index is 496. The van der Waals surface area contributed by atoms with Crippen LogP contribution in [0.15, 0.2) is 24.3 Å². The molecule has 1 saturated heterocycles. The van der Waals surface area contributed by atoms with Crippen molar-refractivity contribution in [2.24, 2.45) is 0 Å². The van der Waals surface area contributed by atoms with Crippen LogP contribution in [0, 0.1) is 0 Å². The first-order chi connectivity index (χ1) is 11.2. The molecule has 1 aromatic carbocycles. The molecule has 1 aliphatic heterocycles. The van der Waals surface area contributed by atoms with Gasteiger partial charge in [-0.1, -0.05) is 25.1 Å². The van der Waals surface area contributed by atoms with Crippen molar-refractivity contribution in [3.05, 3.63) is 29.8 Å². The van der Waals surface area contributed by atoms with Crippen LogP contribution >= 0.6 is 0 Å². The second-order valence-corrected chi connectivity index (χ2v) is 5.59. The lowest BCUT2D eigenvalue weighted by atomic mass is 10.2. The Morgan fingerprint density at radius 3 is 3.04 bits per heavy atom. The maximum atomic E-state index is 11.3. The van der Waals surface area contributed by atoms with Gasteiger partial charge >= 0.3 is 0 Å². The minimum absolute atomic E-state index is 0.0324. The summed E-state index contributed by atoms with van der Waals surface area (Å²) in [5.74, 6) is 0.603. The highest BCUT2D eigenvalue weighted by atomic mass is 16.5. The van der Waals surface area contributed by atoms with Gasteiger partial charge in [0.2, 0.25) is 0 Å². The number of morpholine rings is 1. The van der Waals surface area contributed by atoms with Crippen LogP contribution in [-0.4, -0.2) is 63.4 Å². The molecular formula is C17H27N3O3. The van der Waals surface area contributed by atoms with Crippen LogP contribution in [0.1, 0.15) is 12.5 Å². The van der Waals surface area contributed by atoms with Crippen molar-refractivity contribution < 1.29 is 14.3 Å². The summed E-state index contributed by atoms with van der Waals surface area (Å²) in [7, 11) is 1.60. The molecule has 0 aromatic heterocycles. The van der Waals surface area contributed by atoms with Gasteiger partial charge in [0, 0.05) is 38.8 Å². The lowest BCUT2D eigenvalue weighted by Gasteiger charge is -2.32. The molecule has 1 amide bonds. The monoisotopic (exact) mass is 321 g/mol. The van der Waals surface area contributed by atoms with Gasteiger partial charge in [0.15, 0.2) is 6.61 Å². The van der Waals surface area contributed by atoms with E-state index in [-0.39, 0.29) is 18.6 Å². The topological polar surface area (TPSA) is 62.8 Å². The average molecular weight is 321 g/mol. The third-order valence-electron chi connectivity index (χ3n) is 3.97. The molecule has 1 fully saturated rings. The van der Waals surface area contributed by atoms with Gasteiger partial charge in [0.05, 0.1) is 12.7 Å². The molecule has 1 heterocycles. The Morgan fingerprint density at radius 1 is 1.43 bits per heavy atom. The maximum absolute atomic E-state index is 11.3. The van der Waals surface area contributed by atoms with Crippen LogP contribution in [0.25, 0.3) is 0 Å². The Balaban J connectivity index is 1.79. The average Bonchev–Trinajstić information content (AvgIpc) is 2.60. The van der Waals surface area contributed by atoms with E-state index < -0.39 is 0 Å². The van der Waals surface area contributed by atoms with Crippen LogP contribution in [-0.2, 0) is 16.1 Å². The fourth-order valence-corrected chi connectivity index (χ4v) is 2.57. The molecule has 0 spiro atoms. The molecule has 0 saturated carbocycles. The predicted octanol–water partition coefficient (Wildman–Crippen LogP) is 0.622. The molecule has 2 rings (SSSR count). The van der Waals surface area contributed by atoms with Crippen LogP contribution in [0.2, 0.25) is 0 Å². The smallest absolute Gasteiger partial charge is 0.257 e. The summed E-state index contributed by atoms with van der Waals surface area (Å²) in [6.45, 7) is 7.56. The molecule has 0 radical (unpaired) electrons. The quantitative estimate of drug-likeness (QED) is 0.735. The van der Waals surface area contributed by atoms with Crippen molar-refractivity contribution in [2.45, 2.75) is 19.6 Å². The number of ether oxygens (including phenoxy) is 2. The van der Waals surface area contributed by atoms with Crippen molar-refractivity contribution in [3.63, 3.8) is 0 Å². The number of hydrogen-bond acceptors (Lipinski definition) is 5. The van der Waals surface area contributed by atoms with Crippen LogP contribution in [0.5, 0.6) is 5.75 Å². The van der Waals surface area contributed by atoms with Crippen LogP contribution < -0.4 is 15.4 Å². The van der Waals surface area contributed by atoms with E-state index in [2.05, 4.69) is 22.5 Å². The number of hydrogen-bond donors (Lipinski definition) is 2. The highest BCUT2D eigenvalue weighted by Gasteiger charge is 2.18. The molecule has 128 valence electrons. The number of nitrogens with zero attached hydrogens (tertiary/aromatic N) is 1. The highest BCUT2D eigenvalue weighted by Crippen LogP contribution is 2.17. The first-order valence-corrected chi connectivity index (χ1v) is 8.19. The van der Waals surface area contributed by atoms with Gasteiger partial charge < -0.3 is 20.1 Å². The van der Waals surface area contributed by atoms with Gasteiger partial charge in [0.25, 0.3) is 5.91 Å². The molecule has 6 heteroatoms. The van der Waals surface area contributed by atoms with E-state index in [1.54, 1.807) is 7.05 Å². The number of para-hydroxylation sites is 1. The molecule has 1 unspecified atom stereocenters. The first-order valence-electron chi connectivity index (χ1n) is 8.19. The van der Waals surface area contributed by atoms with E-state index in [1.807, 2.05) is 24.3 Å². The van der Waals surface area contributed by atoms with Gasteiger partial charge in [-0.3, -0.25) is 9.69 Å². The molecular weight excluding hydrogens is 294 g/mol. The van der Waals surface area contributed by atoms with E-state index in [4.69, 9.17) is 9.47 Å². The first kappa shape index (κ1) is 17.7. The molecule has 0 aliphatic carbocycles. The molecule has 0 bridgehead atoms. The van der Waals surface area contributed by atoms with Crippen molar-refractivity contribution in [1.82, 2.24) is 15.5 Å². The van der Waals surface area contributed by atoms with Crippen molar-refractivity contribution in [1.29, 1.82) is 0 Å². The molecule has 2 N–H and O–H groups in total. The van der Waals surface area contributed by atoms with Crippen molar-refractivity contribution >= 4 is 5.91 Å². The summed E-state index contributed by atoms with van der Waals surface area (Å²) in [6, 6.07) is 7.77. The summed E-state index contributed by atoms with van der Waals surface area (Å²) < 4.78 is 11.4. The second-order valence-electron chi connectivity index (χ2n) is 5.59. The lowest BCUT2D eigenvalue weighted by molar-refractivity contribution is -0.122. The number of rotatable bonds is 8. The van der Waals surface area contributed by atoms with E-state index >= 15 is 0 Å². The summed E-state index contributed by atoms with van der Waals surface area (Å²) in [4.78, 5) is 13.7. The third-order valence-corrected chi connectivity index (χ3v) is 3.97. The van der Waals surface area contributed by atoms with Gasteiger partial charge in [0.1, 0.15) is 5.75 Å². The molecule has 23 heavy (non-hydrogen) atoms. The van der Waals surface area contributed by atoms with E-state index in [0.717, 1.165) is 44.1 Å². The number of carbonyl (C=O) groups excluding carboxylic acids is 1. The number of benzene rings is 1. The maximum Gasteiger partial charge on any atom is 0.257 e. The predicted molar refractivity (Wildman–Crippen MR) is 89.6 cm³/mol. The third kappa shape index (κ3) is 5.82. The van der Waals surface area contributed by atoms with Crippen LogP contribution in [0.3, 0.4) is 0 Å². The summed E-state index contributed by atoms with van der Waals surface area (Å²) in [5.41, 5.74) is 1.04. The van der Waals surface area contributed by atoms with Gasteiger partial charge in [-0.2, -0.15) is 0 Å². The van der Waals surface area contributed by atoms with E-state index in [0.29, 0.717) is 6.54 Å². The fraction of sp³-hybridized carbons (Fsp3) is 0.588. The van der Waals surface area contributed by atoms with E-state index in [9.17, 15) is 4.79 Å². The molecule has 1 atom stereocenters. The minimum Gasteiger partial charge on any atom is -0.483 e. The normalized spacial score (nSPS) is 18.6. The Hall–Kier alpha value is -1.63. The van der Waals surface area contributed by atoms with Gasteiger partial charge in [-0.15, -0.1) is 0 Å². The molecule has 6 nitrogen and oxygen atoms in total. The zero-order valence-corrected chi connectivity index (χ0v) is 14.0. The second kappa shape index (κ2) is 9.50. The summed E-state index contributed by atoms with van der Waals surface area (Å²) >= 11 is 0. The minimum atomic E-state index is -0.136. The highest BCUT2D eigenvalue weighted by molar-refractivity contribution is 5.77. The summed E-state index contributed by atoms with van der Waals surface area (Å²) in [5, 5.41) is 5.98. The fourth-order valence-electron chi connectivity index (χ4n) is 2.57. The van der Waals surface area contributed by atoms with Crippen molar-refractivity contribution in [3.8, 4) is 5.75 Å². The standard InChI is InChI=1S/C17H27N3O3/c1-3-20-8-9-22-15(12-20)11-19-10-14-6-4-5-7-16(14)23-13-17(21)18-2/h4-7,15,19H,3,8-13H2,1-2H3,(H,18,21). The Labute approximate surface area is 138 Å². The van der Waals surface area contributed by atoms with Gasteiger partial charge in [-0.25, -0.2) is 0 Å². The van der Waals surface area contributed by atoms with E-state index in [1.165, 1.54) is 0 Å². The Kier molecular flexibility index (Phi) is 7.32.